The summed E-state index contributed by atoms with van der Waals surface area (Å²) >= 11 is 0. The van der Waals surface area contributed by atoms with E-state index in [1.54, 1.807) is 23.6 Å². The Hall–Kier alpha value is -2.71. The molecule has 9 nitrogen and oxygen atoms in total. The van der Waals surface area contributed by atoms with Crippen LogP contribution in [0.5, 0.6) is 0 Å². The van der Waals surface area contributed by atoms with Crippen LogP contribution in [0.2, 0.25) is 0 Å². The van der Waals surface area contributed by atoms with Gasteiger partial charge in [-0.1, -0.05) is 6.92 Å². The predicted octanol–water partition coefficient (Wildman–Crippen LogP) is 1.93. The van der Waals surface area contributed by atoms with Crippen molar-refractivity contribution < 1.29 is 9.72 Å². The highest BCUT2D eigenvalue weighted by atomic mass is 16.6. The monoisotopic (exact) mass is 334 g/mol. The van der Waals surface area contributed by atoms with Crippen molar-refractivity contribution in [2.45, 2.75) is 46.3 Å². The standard InChI is InChI=1S/C15H22N6O3/c1-5-13(20-11(3)9-14(17-20)21(23)24)15(22)18(4)10-12-7-8-19(6-2)16-12/h7-9,13H,5-6,10H2,1-4H3. The summed E-state index contributed by atoms with van der Waals surface area (Å²) in [5.41, 5.74) is 1.39. The second kappa shape index (κ2) is 7.24. The molecule has 0 bridgehead atoms. The van der Waals surface area contributed by atoms with Crippen LogP contribution < -0.4 is 0 Å². The lowest BCUT2D eigenvalue weighted by molar-refractivity contribution is -0.389. The Balaban J connectivity index is 2.17. The van der Waals surface area contributed by atoms with E-state index in [9.17, 15) is 14.9 Å². The van der Waals surface area contributed by atoms with E-state index in [0.29, 0.717) is 18.7 Å². The number of likely N-dealkylation sites (N-methyl/N-ethyl adjacent to an activating group) is 1. The van der Waals surface area contributed by atoms with Crippen LogP contribution in [-0.2, 0) is 17.9 Å². The largest absolute Gasteiger partial charge is 0.390 e. The molecule has 9 heteroatoms. The second-order valence-corrected chi connectivity index (χ2v) is 5.63. The number of hydrogen-bond donors (Lipinski definition) is 0. The van der Waals surface area contributed by atoms with Crippen LogP contribution in [-0.4, -0.2) is 42.3 Å². The summed E-state index contributed by atoms with van der Waals surface area (Å²) in [6.45, 7) is 6.70. The SMILES string of the molecule is CCC(C(=O)N(C)Cc1ccn(CC)n1)n1nc([N+](=O)[O-])cc1C. The van der Waals surface area contributed by atoms with Crippen molar-refractivity contribution in [1.82, 2.24) is 24.5 Å². The van der Waals surface area contributed by atoms with Crippen LogP contribution in [0.3, 0.4) is 0 Å². The number of carbonyl (C=O) groups excluding carboxylic acids is 1. The Labute approximate surface area is 140 Å². The van der Waals surface area contributed by atoms with Crippen molar-refractivity contribution in [3.8, 4) is 0 Å². The third-order valence-electron chi connectivity index (χ3n) is 3.86. The van der Waals surface area contributed by atoms with E-state index in [-0.39, 0.29) is 11.7 Å². The molecule has 0 saturated carbocycles. The average molecular weight is 334 g/mol. The van der Waals surface area contributed by atoms with E-state index in [2.05, 4.69) is 10.2 Å². The maximum atomic E-state index is 12.7. The lowest BCUT2D eigenvalue weighted by Crippen LogP contribution is -2.34. The summed E-state index contributed by atoms with van der Waals surface area (Å²) < 4.78 is 3.23. The highest BCUT2D eigenvalue weighted by molar-refractivity contribution is 5.80. The van der Waals surface area contributed by atoms with Crippen molar-refractivity contribution in [3.05, 3.63) is 39.8 Å². The van der Waals surface area contributed by atoms with Crippen LogP contribution in [0.1, 0.15) is 37.7 Å². The van der Waals surface area contributed by atoms with Gasteiger partial charge < -0.3 is 15.0 Å². The molecule has 0 N–H and O–H groups in total. The molecule has 2 rings (SSSR count). The molecule has 0 aliphatic heterocycles. The third kappa shape index (κ3) is 3.61. The number of nitrogens with zero attached hydrogens (tertiary/aromatic N) is 6. The first-order valence-electron chi connectivity index (χ1n) is 7.85. The molecule has 0 aliphatic carbocycles. The fraction of sp³-hybridized carbons (Fsp3) is 0.533. The van der Waals surface area contributed by atoms with Gasteiger partial charge in [0.2, 0.25) is 5.91 Å². The maximum Gasteiger partial charge on any atom is 0.390 e. The number of rotatable bonds is 7. The lowest BCUT2D eigenvalue weighted by atomic mass is 10.2. The zero-order valence-electron chi connectivity index (χ0n) is 14.3. The lowest BCUT2D eigenvalue weighted by Gasteiger charge is -2.21. The average Bonchev–Trinajstić information content (AvgIpc) is 3.15. The predicted molar refractivity (Wildman–Crippen MR) is 87.3 cm³/mol. The van der Waals surface area contributed by atoms with Crippen molar-refractivity contribution in [1.29, 1.82) is 0 Å². The Morgan fingerprint density at radius 1 is 1.42 bits per heavy atom. The van der Waals surface area contributed by atoms with Crippen LogP contribution in [0.4, 0.5) is 5.82 Å². The highest BCUT2D eigenvalue weighted by Gasteiger charge is 2.29. The van der Waals surface area contributed by atoms with Gasteiger partial charge >= 0.3 is 5.82 Å². The number of nitro groups is 1. The topological polar surface area (TPSA) is 99.1 Å². The van der Waals surface area contributed by atoms with Gasteiger partial charge in [-0.2, -0.15) is 9.78 Å². The van der Waals surface area contributed by atoms with Gasteiger partial charge in [0.1, 0.15) is 0 Å². The molecule has 2 aromatic heterocycles. The van der Waals surface area contributed by atoms with Crippen molar-refractivity contribution in [2.24, 2.45) is 0 Å². The summed E-state index contributed by atoms with van der Waals surface area (Å²) in [7, 11) is 1.70. The van der Waals surface area contributed by atoms with E-state index in [1.165, 1.54) is 10.7 Å². The van der Waals surface area contributed by atoms with Gasteiger partial charge in [-0.15, -0.1) is 0 Å². The van der Waals surface area contributed by atoms with Crippen LogP contribution >= 0.6 is 0 Å². The fourth-order valence-electron chi connectivity index (χ4n) is 2.57. The van der Waals surface area contributed by atoms with E-state index in [4.69, 9.17) is 0 Å². The van der Waals surface area contributed by atoms with Gasteiger partial charge in [-0.25, -0.2) is 0 Å². The highest BCUT2D eigenvalue weighted by Crippen LogP contribution is 2.21. The first kappa shape index (κ1) is 17.6. The van der Waals surface area contributed by atoms with E-state index < -0.39 is 11.0 Å². The minimum atomic E-state index is -0.572. The Bertz CT molecular complexity index is 735. The number of aromatic nitrogens is 4. The van der Waals surface area contributed by atoms with Crippen LogP contribution in [0.15, 0.2) is 18.3 Å². The third-order valence-corrected chi connectivity index (χ3v) is 3.86. The summed E-state index contributed by atoms with van der Waals surface area (Å²) in [5.74, 6) is -0.396. The van der Waals surface area contributed by atoms with Gasteiger partial charge in [-0.3, -0.25) is 9.48 Å². The number of aryl methyl sites for hydroxylation is 2. The number of carbonyl (C=O) groups is 1. The van der Waals surface area contributed by atoms with Gasteiger partial charge in [-0.05, 0) is 31.3 Å². The molecule has 1 atom stereocenters. The Kier molecular flexibility index (Phi) is 5.32. The number of hydrogen-bond acceptors (Lipinski definition) is 5. The quantitative estimate of drug-likeness (QED) is 0.569. The normalized spacial score (nSPS) is 12.2. The van der Waals surface area contributed by atoms with Crippen molar-refractivity contribution in [2.75, 3.05) is 7.05 Å². The van der Waals surface area contributed by atoms with E-state index in [0.717, 1.165) is 12.2 Å². The smallest absolute Gasteiger partial charge is 0.358 e. The Morgan fingerprint density at radius 3 is 2.62 bits per heavy atom. The molecule has 2 heterocycles. The first-order valence-corrected chi connectivity index (χ1v) is 7.85. The summed E-state index contributed by atoms with van der Waals surface area (Å²) in [6.07, 6.45) is 2.36. The van der Waals surface area contributed by atoms with Crippen molar-refractivity contribution >= 4 is 11.7 Å². The summed E-state index contributed by atoms with van der Waals surface area (Å²) in [6, 6.07) is 2.67. The minimum Gasteiger partial charge on any atom is -0.358 e. The fourth-order valence-corrected chi connectivity index (χ4v) is 2.57. The zero-order chi connectivity index (χ0) is 17.9. The molecule has 0 fully saturated rings. The molecule has 0 saturated heterocycles. The van der Waals surface area contributed by atoms with Crippen molar-refractivity contribution in [3.63, 3.8) is 0 Å². The molecule has 0 radical (unpaired) electrons. The molecular weight excluding hydrogens is 312 g/mol. The molecule has 24 heavy (non-hydrogen) atoms. The van der Waals surface area contributed by atoms with E-state index >= 15 is 0 Å². The molecule has 2 aromatic rings. The molecular formula is C15H22N6O3. The molecule has 1 amide bonds. The maximum absolute atomic E-state index is 12.7. The summed E-state index contributed by atoms with van der Waals surface area (Å²) in [5, 5.41) is 19.2. The van der Waals surface area contributed by atoms with Gasteiger partial charge in [0.05, 0.1) is 29.1 Å². The van der Waals surface area contributed by atoms with Gasteiger partial charge in [0.15, 0.2) is 6.04 Å². The van der Waals surface area contributed by atoms with Gasteiger partial charge in [0.25, 0.3) is 0 Å². The first-order chi connectivity index (χ1) is 11.4. The molecule has 1 unspecified atom stereocenters. The van der Waals surface area contributed by atoms with Crippen LogP contribution in [0.25, 0.3) is 0 Å². The molecule has 0 aliphatic rings. The second-order valence-electron chi connectivity index (χ2n) is 5.63. The van der Waals surface area contributed by atoms with Gasteiger partial charge in [0, 0.05) is 19.8 Å². The molecule has 0 spiro atoms. The van der Waals surface area contributed by atoms with E-state index in [1.807, 2.05) is 26.1 Å². The molecule has 0 aromatic carbocycles. The number of amides is 1. The van der Waals surface area contributed by atoms with Crippen LogP contribution in [0, 0.1) is 17.0 Å². The zero-order valence-corrected chi connectivity index (χ0v) is 14.3. The minimum absolute atomic E-state index is 0.148. The molecule has 130 valence electrons. The summed E-state index contributed by atoms with van der Waals surface area (Å²) in [4.78, 5) is 24.6. The Morgan fingerprint density at radius 2 is 2.12 bits per heavy atom.